The van der Waals surface area contributed by atoms with Crippen molar-refractivity contribution in [3.63, 3.8) is 0 Å². The summed E-state index contributed by atoms with van der Waals surface area (Å²) in [4.78, 5) is 47.9. The Hall–Kier alpha value is -3.21. The van der Waals surface area contributed by atoms with Crippen LogP contribution in [0.3, 0.4) is 0 Å². The Kier molecular flexibility index (Phi) is 7.54. The maximum atomic E-state index is 12.9. The van der Waals surface area contributed by atoms with Crippen molar-refractivity contribution in [2.24, 2.45) is 10.9 Å². The molecule has 184 valence electrons. The molecular formula is C19H20N8O5S3. The summed E-state index contributed by atoms with van der Waals surface area (Å²) in [5, 5.41) is 24.2. The number of β-lactam (4-membered cyclic amide) rings is 1. The second kappa shape index (κ2) is 10.6. The molecule has 2 aliphatic heterocycles. The van der Waals surface area contributed by atoms with Gasteiger partial charge in [-0.1, -0.05) is 34.3 Å². The van der Waals surface area contributed by atoms with Gasteiger partial charge in [0.1, 0.15) is 40.7 Å². The molecule has 0 saturated carbocycles. The van der Waals surface area contributed by atoms with E-state index in [0.717, 1.165) is 0 Å². The van der Waals surface area contributed by atoms with E-state index < -0.39 is 29.2 Å². The number of anilines is 1. The van der Waals surface area contributed by atoms with Crippen LogP contribution in [0.15, 0.2) is 39.0 Å². The number of nitrogens with zero attached hydrogens (tertiary/aromatic N) is 5. The Labute approximate surface area is 211 Å². The van der Waals surface area contributed by atoms with Gasteiger partial charge in [0.05, 0.1) is 0 Å². The van der Waals surface area contributed by atoms with Crippen molar-refractivity contribution in [1.82, 2.24) is 25.4 Å². The third-order valence-electron chi connectivity index (χ3n) is 4.94. The number of nitrogens with two attached hydrogens (primary N) is 2. The van der Waals surface area contributed by atoms with Gasteiger partial charge in [0, 0.05) is 18.1 Å². The second-order valence-corrected chi connectivity index (χ2v) is 10.5. The van der Waals surface area contributed by atoms with Crippen LogP contribution >= 0.6 is 34.9 Å². The summed E-state index contributed by atoms with van der Waals surface area (Å²) >= 11 is 4.03. The molecule has 35 heavy (non-hydrogen) atoms. The maximum absolute atomic E-state index is 12.9. The first-order chi connectivity index (χ1) is 16.8. The number of carbonyl (C=O) groups excluding carboxylic acids is 2. The second-order valence-electron chi connectivity index (χ2n) is 7.14. The lowest BCUT2D eigenvalue weighted by molar-refractivity contribution is -0.150. The van der Waals surface area contributed by atoms with E-state index in [2.05, 4.69) is 25.7 Å². The highest BCUT2D eigenvalue weighted by atomic mass is 32.2. The number of hydrogen-bond donors (Lipinski definition) is 4. The lowest BCUT2D eigenvalue weighted by Crippen LogP contribution is -2.71. The molecule has 2 atom stereocenters. The van der Waals surface area contributed by atoms with Gasteiger partial charge in [-0.25, -0.2) is 9.78 Å². The fraction of sp³-hybridized carbons (Fsp3) is 0.316. The Morgan fingerprint density at radius 1 is 1.40 bits per heavy atom. The van der Waals surface area contributed by atoms with E-state index in [-0.39, 0.29) is 29.5 Å². The molecule has 6 N–H and O–H groups in total. The average molecular weight is 537 g/mol. The van der Waals surface area contributed by atoms with Crippen LogP contribution in [0.5, 0.6) is 0 Å². The largest absolute Gasteiger partial charge is 0.477 e. The van der Waals surface area contributed by atoms with Crippen molar-refractivity contribution in [2.75, 3.05) is 24.3 Å². The number of carboxylic acids is 1. The number of pyridine rings is 1. The van der Waals surface area contributed by atoms with E-state index in [4.69, 9.17) is 16.3 Å². The van der Waals surface area contributed by atoms with Crippen molar-refractivity contribution in [2.45, 2.75) is 22.3 Å². The lowest BCUT2D eigenvalue weighted by Gasteiger charge is -2.49. The molecular weight excluding hydrogens is 516 g/mol. The maximum Gasteiger partial charge on any atom is 0.352 e. The van der Waals surface area contributed by atoms with E-state index in [1.54, 1.807) is 12.1 Å². The summed E-state index contributed by atoms with van der Waals surface area (Å²) in [6.07, 6.45) is 0. The van der Waals surface area contributed by atoms with Gasteiger partial charge < -0.3 is 26.7 Å². The summed E-state index contributed by atoms with van der Waals surface area (Å²) in [5.74, 6) is -1.57. The minimum atomic E-state index is -1.21. The van der Waals surface area contributed by atoms with Crippen molar-refractivity contribution in [1.29, 1.82) is 0 Å². The summed E-state index contributed by atoms with van der Waals surface area (Å²) < 4.78 is 0.662. The van der Waals surface area contributed by atoms with Crippen LogP contribution in [-0.2, 0) is 25.8 Å². The van der Waals surface area contributed by atoms with Gasteiger partial charge in [0.2, 0.25) is 0 Å². The number of carboxylic acid groups (broad SMARTS) is 1. The van der Waals surface area contributed by atoms with Gasteiger partial charge in [-0.15, -0.1) is 22.0 Å². The zero-order chi connectivity index (χ0) is 25.1. The number of thioether (sulfide) groups is 2. The number of nitrogens with one attached hydrogen (secondary N) is 1. The van der Waals surface area contributed by atoms with Crippen molar-refractivity contribution in [3.05, 3.63) is 40.2 Å². The molecule has 1 fully saturated rings. The van der Waals surface area contributed by atoms with E-state index in [0.29, 0.717) is 26.4 Å². The molecule has 1 unspecified atom stereocenters. The van der Waals surface area contributed by atoms with E-state index in [9.17, 15) is 19.5 Å². The van der Waals surface area contributed by atoms with E-state index in [1.165, 1.54) is 52.9 Å². The number of nitrogen functional groups attached to an aromatic ring is 1. The number of rotatable bonds is 9. The molecule has 2 amide bonds. The third kappa shape index (κ3) is 5.09. The molecule has 2 aliphatic rings. The first-order valence-corrected chi connectivity index (χ1v) is 12.9. The molecule has 0 aromatic carbocycles. The van der Waals surface area contributed by atoms with Crippen LogP contribution in [0.25, 0.3) is 0 Å². The number of amides is 2. The molecule has 2 aromatic heterocycles. The van der Waals surface area contributed by atoms with Crippen LogP contribution in [0.4, 0.5) is 5.82 Å². The molecule has 16 heteroatoms. The smallest absolute Gasteiger partial charge is 0.352 e. The van der Waals surface area contributed by atoms with Gasteiger partial charge in [-0.05, 0) is 17.7 Å². The molecule has 4 heterocycles. The zero-order valence-corrected chi connectivity index (χ0v) is 20.7. The highest BCUT2D eigenvalue weighted by Crippen LogP contribution is 2.41. The number of fused-ring (bicyclic) bond motifs is 1. The molecule has 0 spiro atoms. The van der Waals surface area contributed by atoms with E-state index >= 15 is 0 Å². The predicted molar refractivity (Wildman–Crippen MR) is 130 cm³/mol. The molecule has 0 radical (unpaired) electrons. The molecule has 1 saturated heterocycles. The van der Waals surface area contributed by atoms with Crippen LogP contribution < -0.4 is 16.8 Å². The fourth-order valence-electron chi connectivity index (χ4n) is 3.41. The Morgan fingerprint density at radius 3 is 2.86 bits per heavy atom. The van der Waals surface area contributed by atoms with Crippen molar-refractivity contribution < 1.29 is 24.3 Å². The zero-order valence-electron chi connectivity index (χ0n) is 18.2. The molecule has 2 aromatic rings. The van der Waals surface area contributed by atoms with Crippen LogP contribution in [0, 0.1) is 0 Å². The molecule has 0 aliphatic carbocycles. The minimum absolute atomic E-state index is 0.0800. The van der Waals surface area contributed by atoms with Gasteiger partial charge in [-0.3, -0.25) is 14.5 Å². The summed E-state index contributed by atoms with van der Waals surface area (Å²) in [6.45, 7) is 0.277. The van der Waals surface area contributed by atoms with Crippen LogP contribution in [-0.4, -0.2) is 78.7 Å². The quantitative estimate of drug-likeness (QED) is 0.143. The third-order valence-corrected chi connectivity index (χ3v) is 8.44. The van der Waals surface area contributed by atoms with Crippen LogP contribution in [0.1, 0.15) is 10.7 Å². The first-order valence-electron chi connectivity index (χ1n) is 10.0. The van der Waals surface area contributed by atoms with Crippen LogP contribution in [0.2, 0.25) is 0 Å². The van der Waals surface area contributed by atoms with Gasteiger partial charge in [0.25, 0.3) is 11.8 Å². The predicted octanol–water partition coefficient (Wildman–Crippen LogP) is -0.145. The monoisotopic (exact) mass is 536 g/mol. The summed E-state index contributed by atoms with van der Waals surface area (Å²) in [6, 6.07) is 3.75. The normalized spacial score (nSPS) is 19.8. The first kappa shape index (κ1) is 24.9. The molecule has 13 nitrogen and oxygen atoms in total. The van der Waals surface area contributed by atoms with E-state index in [1.807, 2.05) is 0 Å². The number of carbonyl (C=O) groups is 3. The van der Waals surface area contributed by atoms with Crippen molar-refractivity contribution >= 4 is 64.2 Å². The van der Waals surface area contributed by atoms with Gasteiger partial charge >= 0.3 is 5.97 Å². The average Bonchev–Trinajstić information content (AvgIpc) is 3.31. The Bertz CT molecular complexity index is 1230. The number of aromatic nitrogens is 3. The number of hydrogen-bond acceptors (Lipinski definition) is 13. The Balaban J connectivity index is 1.48. The summed E-state index contributed by atoms with van der Waals surface area (Å²) in [5.41, 5.74) is 11.8. The van der Waals surface area contributed by atoms with Crippen molar-refractivity contribution in [3.8, 4) is 0 Å². The lowest BCUT2D eigenvalue weighted by atomic mass is 10.0. The SMILES string of the molecule is CON=C(C(=O)NC1C(=O)N2C(C(=O)O)=C(CSc3nnc(CN)s3)CS[C@@H]12)c1cccc(N)n1. The molecule has 4 rings (SSSR count). The minimum Gasteiger partial charge on any atom is -0.477 e. The number of oxime groups is 1. The Morgan fingerprint density at radius 2 is 2.20 bits per heavy atom. The fourth-order valence-corrected chi connectivity index (χ4v) is 6.67. The van der Waals surface area contributed by atoms with Gasteiger partial charge in [-0.2, -0.15) is 0 Å². The van der Waals surface area contributed by atoms with Gasteiger partial charge in [0.15, 0.2) is 10.1 Å². The number of aliphatic carboxylic acids is 1. The summed E-state index contributed by atoms with van der Waals surface area (Å²) in [7, 11) is 1.27. The highest BCUT2D eigenvalue weighted by molar-refractivity contribution is 8.01. The standard InChI is InChI=1S/C19H20N8O5S3/c1-32-26-12(9-3-2-4-10(21)22-9)15(28)23-13-16(29)27-14(18(30)31)8(6-33-17(13)27)7-34-19-25-24-11(5-20)35-19/h2-4,13,17H,5-7,20H2,1H3,(H2,21,22)(H,23,28)(H,30,31)/t13?,17-/m0/s1. The topological polar surface area (TPSA) is 199 Å². The highest BCUT2D eigenvalue weighted by Gasteiger charge is 2.54. The molecule has 0 bridgehead atoms.